The van der Waals surface area contributed by atoms with Crippen LogP contribution in [0.1, 0.15) is 32.3 Å². The van der Waals surface area contributed by atoms with Crippen molar-refractivity contribution < 1.29 is 26.8 Å². The van der Waals surface area contributed by atoms with E-state index in [-0.39, 0.29) is 29.1 Å². The summed E-state index contributed by atoms with van der Waals surface area (Å²) in [6.07, 6.45) is 1.33. The molecule has 2 rings (SSSR count). The molecule has 0 spiro atoms. The maximum atomic E-state index is 13.1. The summed E-state index contributed by atoms with van der Waals surface area (Å²) in [5.74, 6) is 0. The van der Waals surface area contributed by atoms with Gasteiger partial charge >= 0.3 is 13.6 Å². The topological polar surface area (TPSA) is 111 Å². The summed E-state index contributed by atoms with van der Waals surface area (Å²) in [6.45, 7) is 6.13. The zero-order valence-electron chi connectivity index (χ0n) is 17.3. The predicted molar refractivity (Wildman–Crippen MR) is 117 cm³/mol. The van der Waals surface area contributed by atoms with Crippen LogP contribution in [0.5, 0.6) is 0 Å². The van der Waals surface area contributed by atoms with Crippen LogP contribution in [0, 0.1) is 6.92 Å². The lowest BCUT2D eigenvalue weighted by Crippen LogP contribution is -2.34. The second-order valence-electron chi connectivity index (χ2n) is 6.59. The standard InChI is InChI=1S/C20H27N2O6PS/c1-4-13-27-29(24,28-14-5-2)18-8-6-7-17(15-18)21-20(23)22-30(25,26)19-11-9-16(3)10-12-19/h6-12,15H,4-5,13-14H2,1-3H3,(H2,21,22,23). The maximum absolute atomic E-state index is 13.1. The molecule has 0 saturated heterocycles. The Morgan fingerprint density at radius 2 is 1.60 bits per heavy atom. The zero-order valence-corrected chi connectivity index (χ0v) is 19.0. The highest BCUT2D eigenvalue weighted by Crippen LogP contribution is 2.47. The summed E-state index contributed by atoms with van der Waals surface area (Å²) < 4.78 is 50.8. The van der Waals surface area contributed by atoms with Gasteiger partial charge < -0.3 is 14.4 Å². The number of rotatable bonds is 10. The van der Waals surface area contributed by atoms with E-state index in [9.17, 15) is 17.8 Å². The van der Waals surface area contributed by atoms with Gasteiger partial charge in [0.25, 0.3) is 10.0 Å². The lowest BCUT2D eigenvalue weighted by atomic mass is 10.2. The van der Waals surface area contributed by atoms with E-state index < -0.39 is 23.7 Å². The van der Waals surface area contributed by atoms with Gasteiger partial charge in [-0.15, -0.1) is 0 Å². The number of hydrogen-bond acceptors (Lipinski definition) is 6. The van der Waals surface area contributed by atoms with Crippen molar-refractivity contribution in [1.82, 2.24) is 4.72 Å². The van der Waals surface area contributed by atoms with Gasteiger partial charge in [0.05, 0.1) is 23.4 Å². The van der Waals surface area contributed by atoms with Crippen LogP contribution in [0.4, 0.5) is 10.5 Å². The van der Waals surface area contributed by atoms with Crippen LogP contribution >= 0.6 is 7.60 Å². The van der Waals surface area contributed by atoms with E-state index in [1.807, 2.05) is 25.5 Å². The first-order valence-electron chi connectivity index (χ1n) is 9.60. The fraction of sp³-hybridized carbons (Fsp3) is 0.350. The molecule has 164 valence electrons. The number of carbonyl (C=O) groups excluding carboxylic acids is 1. The number of hydrogen-bond donors (Lipinski definition) is 2. The Balaban J connectivity index is 2.16. The fourth-order valence-electron chi connectivity index (χ4n) is 2.42. The van der Waals surface area contributed by atoms with E-state index in [4.69, 9.17) is 9.05 Å². The summed E-state index contributed by atoms with van der Waals surface area (Å²) in [4.78, 5) is 12.2. The molecule has 0 heterocycles. The van der Waals surface area contributed by atoms with Crippen molar-refractivity contribution in [3.05, 3.63) is 54.1 Å². The van der Waals surface area contributed by atoms with Crippen molar-refractivity contribution in [2.24, 2.45) is 0 Å². The molecule has 0 aromatic heterocycles. The number of anilines is 1. The largest absolute Gasteiger partial charge is 0.361 e. The minimum atomic E-state index is -4.03. The van der Waals surface area contributed by atoms with Crippen molar-refractivity contribution in [1.29, 1.82) is 0 Å². The Morgan fingerprint density at radius 1 is 1.00 bits per heavy atom. The van der Waals surface area contributed by atoms with Gasteiger partial charge in [-0.25, -0.2) is 17.9 Å². The first-order chi connectivity index (χ1) is 14.2. The van der Waals surface area contributed by atoms with Gasteiger partial charge in [0, 0.05) is 5.69 Å². The molecule has 8 nitrogen and oxygen atoms in total. The number of carbonyl (C=O) groups is 1. The Bertz CT molecular complexity index is 996. The molecule has 0 aliphatic carbocycles. The first-order valence-corrected chi connectivity index (χ1v) is 12.6. The molecular formula is C20H27N2O6PS. The molecule has 2 N–H and O–H groups in total. The summed E-state index contributed by atoms with van der Waals surface area (Å²) in [5.41, 5.74) is 1.15. The van der Waals surface area contributed by atoms with Crippen LogP contribution in [0.15, 0.2) is 53.4 Å². The summed E-state index contributed by atoms with van der Waals surface area (Å²) in [5, 5.41) is 2.72. The Labute approximate surface area is 177 Å². The Hall–Kier alpha value is -2.19. The molecule has 0 bridgehead atoms. The highest BCUT2D eigenvalue weighted by Gasteiger charge is 2.28. The fourth-order valence-corrected chi connectivity index (χ4v) is 5.11. The molecule has 2 aromatic rings. The van der Waals surface area contributed by atoms with Crippen molar-refractivity contribution in [3.63, 3.8) is 0 Å². The molecular weight excluding hydrogens is 427 g/mol. The average Bonchev–Trinajstić information content (AvgIpc) is 2.70. The van der Waals surface area contributed by atoms with E-state index in [2.05, 4.69) is 5.32 Å². The third-order valence-corrected chi connectivity index (χ3v) is 7.21. The maximum Gasteiger partial charge on any atom is 0.361 e. The van der Waals surface area contributed by atoms with Crippen LogP contribution in [0.25, 0.3) is 0 Å². The quantitative estimate of drug-likeness (QED) is 0.521. The van der Waals surface area contributed by atoms with Gasteiger partial charge in [-0.1, -0.05) is 37.6 Å². The third kappa shape index (κ3) is 6.67. The van der Waals surface area contributed by atoms with E-state index >= 15 is 0 Å². The molecule has 0 aliphatic rings. The summed E-state index contributed by atoms with van der Waals surface area (Å²) >= 11 is 0. The molecule has 0 aliphatic heterocycles. The monoisotopic (exact) mass is 454 g/mol. The highest BCUT2D eigenvalue weighted by molar-refractivity contribution is 7.90. The molecule has 0 radical (unpaired) electrons. The zero-order chi connectivity index (χ0) is 22.2. The SMILES string of the molecule is CCCOP(=O)(OCCC)c1cccc(NC(=O)NS(=O)(=O)c2ccc(C)cc2)c1. The number of urea groups is 1. The second-order valence-corrected chi connectivity index (χ2v) is 10.3. The molecule has 30 heavy (non-hydrogen) atoms. The van der Waals surface area contributed by atoms with Crippen molar-refractivity contribution in [3.8, 4) is 0 Å². The summed E-state index contributed by atoms with van der Waals surface area (Å²) in [7, 11) is -7.58. The van der Waals surface area contributed by atoms with Crippen LogP contribution in [-0.2, 0) is 23.6 Å². The normalized spacial score (nSPS) is 11.8. The number of sulfonamides is 1. The van der Waals surface area contributed by atoms with Crippen molar-refractivity contribution in [2.45, 2.75) is 38.5 Å². The molecule has 0 atom stereocenters. The van der Waals surface area contributed by atoms with Crippen LogP contribution < -0.4 is 15.3 Å². The van der Waals surface area contributed by atoms with Crippen molar-refractivity contribution in [2.75, 3.05) is 18.5 Å². The van der Waals surface area contributed by atoms with Gasteiger partial charge in [-0.2, -0.15) is 0 Å². The van der Waals surface area contributed by atoms with Crippen LogP contribution in [-0.4, -0.2) is 27.7 Å². The second kappa shape index (κ2) is 10.7. The third-order valence-electron chi connectivity index (χ3n) is 3.91. The summed E-state index contributed by atoms with van der Waals surface area (Å²) in [6, 6.07) is 11.3. The van der Waals surface area contributed by atoms with Gasteiger partial charge in [-0.05, 0) is 50.1 Å². The predicted octanol–water partition coefficient (Wildman–Crippen LogP) is 4.18. The van der Waals surface area contributed by atoms with Gasteiger partial charge in [0.2, 0.25) is 0 Å². The average molecular weight is 454 g/mol. The molecule has 0 unspecified atom stereocenters. The molecule has 2 amide bonds. The van der Waals surface area contributed by atoms with E-state index in [0.29, 0.717) is 12.8 Å². The Kier molecular flexibility index (Phi) is 8.61. The van der Waals surface area contributed by atoms with Crippen LogP contribution in [0.2, 0.25) is 0 Å². The molecule has 0 saturated carbocycles. The van der Waals surface area contributed by atoms with Gasteiger partial charge in [0.1, 0.15) is 0 Å². The number of benzene rings is 2. The van der Waals surface area contributed by atoms with E-state index in [1.165, 1.54) is 18.2 Å². The first kappa shape index (κ1) is 24.1. The molecule has 0 fully saturated rings. The molecule has 10 heteroatoms. The van der Waals surface area contributed by atoms with Crippen molar-refractivity contribution >= 4 is 34.6 Å². The minimum Gasteiger partial charge on any atom is -0.307 e. The van der Waals surface area contributed by atoms with Gasteiger partial charge in [-0.3, -0.25) is 4.57 Å². The Morgan fingerprint density at radius 3 is 2.17 bits per heavy atom. The smallest absolute Gasteiger partial charge is 0.307 e. The number of aryl methyl sites for hydroxylation is 1. The highest BCUT2D eigenvalue weighted by atomic mass is 32.2. The minimum absolute atomic E-state index is 0.0255. The number of nitrogens with one attached hydrogen (secondary N) is 2. The van der Waals surface area contributed by atoms with E-state index in [1.54, 1.807) is 30.3 Å². The lowest BCUT2D eigenvalue weighted by molar-refractivity contribution is 0.213. The van der Waals surface area contributed by atoms with Gasteiger partial charge in [0.15, 0.2) is 0 Å². The lowest BCUT2D eigenvalue weighted by Gasteiger charge is -2.19. The van der Waals surface area contributed by atoms with E-state index in [0.717, 1.165) is 5.56 Å². The molecule has 2 aromatic carbocycles. The van der Waals surface area contributed by atoms with Crippen LogP contribution in [0.3, 0.4) is 0 Å². The number of amides is 2.